The molecule has 3 heteroatoms. The zero-order chi connectivity index (χ0) is 20.8. The van der Waals surface area contributed by atoms with Gasteiger partial charge in [-0.05, 0) is 25.8 Å². The van der Waals surface area contributed by atoms with Crippen LogP contribution >= 0.6 is 0 Å². The average molecular weight is 397 g/mol. The van der Waals surface area contributed by atoms with E-state index in [0.717, 1.165) is 5.82 Å². The Bertz CT molecular complexity index is 1000. The molecule has 0 spiro atoms. The maximum atomic E-state index is 4.71. The Morgan fingerprint density at radius 2 is 1.47 bits per heavy atom. The van der Waals surface area contributed by atoms with E-state index in [0.29, 0.717) is 6.04 Å². The highest BCUT2D eigenvalue weighted by Gasteiger charge is 2.64. The molecule has 1 aromatic heterocycles. The summed E-state index contributed by atoms with van der Waals surface area (Å²) in [5.41, 5.74) is 2.81. The molecule has 0 unspecified atom stereocenters. The number of pyridine rings is 1. The van der Waals surface area contributed by atoms with Crippen molar-refractivity contribution in [3.8, 4) is 0 Å². The van der Waals surface area contributed by atoms with Crippen LogP contribution in [-0.2, 0) is 0 Å². The second kappa shape index (κ2) is 7.09. The smallest absolute Gasteiger partial charge is 0.242 e. The molecule has 0 saturated heterocycles. The number of hydrogen-bond donors (Lipinski definition) is 0. The zero-order valence-electron chi connectivity index (χ0n) is 18.1. The van der Waals surface area contributed by atoms with Crippen molar-refractivity contribution >= 4 is 12.2 Å². The van der Waals surface area contributed by atoms with Crippen LogP contribution in [-0.4, -0.2) is 27.5 Å². The highest BCUT2D eigenvalue weighted by Crippen LogP contribution is 2.54. The van der Waals surface area contributed by atoms with Gasteiger partial charge in [0.25, 0.3) is 0 Å². The molecule has 30 heavy (non-hydrogen) atoms. The number of rotatable bonds is 4. The van der Waals surface area contributed by atoms with Crippen molar-refractivity contribution < 1.29 is 4.58 Å². The van der Waals surface area contributed by atoms with Crippen molar-refractivity contribution in [3.63, 3.8) is 0 Å². The first-order chi connectivity index (χ1) is 14.5. The summed E-state index contributed by atoms with van der Waals surface area (Å²) in [5, 5.41) is 0. The lowest BCUT2D eigenvalue weighted by atomic mass is 9.71. The van der Waals surface area contributed by atoms with E-state index in [1.165, 1.54) is 24.0 Å². The number of anilines is 1. The van der Waals surface area contributed by atoms with Gasteiger partial charge < -0.3 is 0 Å². The van der Waals surface area contributed by atoms with Crippen molar-refractivity contribution in [2.24, 2.45) is 5.41 Å². The summed E-state index contributed by atoms with van der Waals surface area (Å²) in [5.74, 6) is 1.03. The Kier molecular flexibility index (Phi) is 4.50. The normalized spacial score (nSPS) is 24.7. The van der Waals surface area contributed by atoms with Gasteiger partial charge in [-0.15, -0.1) is 0 Å². The average Bonchev–Trinajstić information content (AvgIpc) is 2.92. The van der Waals surface area contributed by atoms with E-state index in [4.69, 9.17) is 4.98 Å². The predicted octanol–water partition coefficient (Wildman–Crippen LogP) is 5.68. The van der Waals surface area contributed by atoms with Crippen LogP contribution in [0, 0.1) is 5.41 Å². The molecule has 5 rings (SSSR count). The van der Waals surface area contributed by atoms with Gasteiger partial charge in [-0.1, -0.05) is 80.6 Å². The minimum atomic E-state index is 0.0549. The van der Waals surface area contributed by atoms with Crippen molar-refractivity contribution in [1.82, 2.24) is 4.98 Å². The SMILES string of the molecule is CC1(C)[C@@H]2CC[C@@]1(C)[N+](C(c1ccccc1)c1ccccc1)=CN2c1ccccn1. The van der Waals surface area contributed by atoms with E-state index in [1.807, 2.05) is 12.3 Å². The summed E-state index contributed by atoms with van der Waals surface area (Å²) in [6, 6.07) is 28.6. The molecular formula is C27H30N3+. The van der Waals surface area contributed by atoms with E-state index < -0.39 is 0 Å². The fourth-order valence-corrected chi connectivity index (χ4v) is 5.61. The Hall–Kier alpha value is -2.94. The first-order valence-corrected chi connectivity index (χ1v) is 10.9. The van der Waals surface area contributed by atoms with E-state index in [1.54, 1.807) is 0 Å². The number of aromatic nitrogens is 1. The molecule has 2 aliphatic rings. The quantitative estimate of drug-likeness (QED) is 0.529. The summed E-state index contributed by atoms with van der Waals surface area (Å²) in [7, 11) is 0. The highest BCUT2D eigenvalue weighted by molar-refractivity contribution is 5.76. The Labute approximate surface area is 179 Å². The molecule has 2 aromatic carbocycles. The molecule has 2 atom stereocenters. The molecule has 0 N–H and O–H groups in total. The molecule has 1 aliphatic carbocycles. The standard InChI is InChI=1S/C27H30N3/c1-26(2)23-17-18-27(26,3)30(20-29(23)24-16-10-11-19-28-24)25(21-12-6-4-7-13-21)22-14-8-5-9-15-22/h4-16,19-20,23,25H,17-18H2,1-3H3/q+1/t23-,27+/m0/s1. The maximum absolute atomic E-state index is 4.71. The summed E-state index contributed by atoms with van der Waals surface area (Å²) < 4.78 is 2.62. The van der Waals surface area contributed by atoms with Crippen molar-refractivity contribution in [1.29, 1.82) is 0 Å². The molecule has 3 nitrogen and oxygen atoms in total. The number of nitrogens with zero attached hydrogens (tertiary/aromatic N) is 3. The van der Waals surface area contributed by atoms with E-state index in [9.17, 15) is 0 Å². The van der Waals surface area contributed by atoms with Gasteiger partial charge in [0.2, 0.25) is 12.2 Å². The van der Waals surface area contributed by atoms with Crippen LogP contribution in [0.15, 0.2) is 85.1 Å². The lowest BCUT2D eigenvalue weighted by Crippen LogP contribution is -2.62. The summed E-state index contributed by atoms with van der Waals surface area (Å²) >= 11 is 0. The molecule has 0 radical (unpaired) electrons. The molecule has 0 amide bonds. The van der Waals surface area contributed by atoms with Gasteiger partial charge in [0.05, 0.1) is 0 Å². The van der Waals surface area contributed by atoms with Gasteiger partial charge in [-0.2, -0.15) is 0 Å². The molecule has 2 heterocycles. The molecule has 1 fully saturated rings. The van der Waals surface area contributed by atoms with Gasteiger partial charge in [-0.3, -0.25) is 4.58 Å². The fraction of sp³-hybridized carbons (Fsp3) is 0.333. The maximum Gasteiger partial charge on any atom is 0.242 e. The second-order valence-corrected chi connectivity index (χ2v) is 9.39. The van der Waals surface area contributed by atoms with Crippen LogP contribution in [0.3, 0.4) is 0 Å². The van der Waals surface area contributed by atoms with Crippen LogP contribution in [0.25, 0.3) is 0 Å². The minimum Gasteiger partial charge on any atom is -0.251 e. The van der Waals surface area contributed by atoms with Gasteiger partial charge in [-0.25, -0.2) is 9.88 Å². The first kappa shape index (κ1) is 19.0. The Balaban J connectivity index is 1.74. The van der Waals surface area contributed by atoms with E-state index >= 15 is 0 Å². The monoisotopic (exact) mass is 396 g/mol. The third-order valence-electron chi connectivity index (χ3n) is 7.70. The molecule has 1 aliphatic heterocycles. The largest absolute Gasteiger partial charge is 0.251 e. The number of benzene rings is 2. The predicted molar refractivity (Wildman–Crippen MR) is 123 cm³/mol. The van der Waals surface area contributed by atoms with Crippen LogP contribution in [0.2, 0.25) is 0 Å². The van der Waals surface area contributed by atoms with Crippen LogP contribution < -0.4 is 4.90 Å². The van der Waals surface area contributed by atoms with Gasteiger partial charge in [0.1, 0.15) is 17.6 Å². The Morgan fingerprint density at radius 1 is 0.867 bits per heavy atom. The Morgan fingerprint density at radius 3 is 2.03 bits per heavy atom. The van der Waals surface area contributed by atoms with Crippen LogP contribution in [0.4, 0.5) is 5.82 Å². The minimum absolute atomic E-state index is 0.0549. The molecule has 2 bridgehead atoms. The zero-order valence-corrected chi connectivity index (χ0v) is 18.1. The topological polar surface area (TPSA) is 19.1 Å². The van der Waals surface area contributed by atoms with Crippen molar-refractivity contribution in [2.75, 3.05) is 4.90 Å². The summed E-state index contributed by atoms with van der Waals surface area (Å²) in [6.07, 6.45) is 6.59. The highest BCUT2D eigenvalue weighted by atomic mass is 15.3. The van der Waals surface area contributed by atoms with Gasteiger partial charge in [0.15, 0.2) is 0 Å². The molecule has 1 saturated carbocycles. The van der Waals surface area contributed by atoms with E-state index in [2.05, 4.69) is 109 Å². The van der Waals surface area contributed by atoms with Gasteiger partial charge in [0, 0.05) is 28.8 Å². The van der Waals surface area contributed by atoms with E-state index in [-0.39, 0.29) is 17.0 Å². The summed E-state index contributed by atoms with van der Waals surface area (Å²) in [6.45, 7) is 7.33. The van der Waals surface area contributed by atoms with Crippen LogP contribution in [0.5, 0.6) is 0 Å². The number of hydrogen-bond acceptors (Lipinski definition) is 2. The molecule has 3 aromatic rings. The lowest BCUT2D eigenvalue weighted by Gasteiger charge is -2.47. The third-order valence-corrected chi connectivity index (χ3v) is 7.70. The fourth-order valence-electron chi connectivity index (χ4n) is 5.61. The first-order valence-electron chi connectivity index (χ1n) is 10.9. The second-order valence-electron chi connectivity index (χ2n) is 9.39. The third kappa shape index (κ3) is 2.79. The van der Waals surface area contributed by atoms with Crippen molar-refractivity contribution in [3.05, 3.63) is 96.2 Å². The lowest BCUT2D eigenvalue weighted by molar-refractivity contribution is -0.649. The summed E-state index contributed by atoms with van der Waals surface area (Å²) in [4.78, 5) is 7.14. The van der Waals surface area contributed by atoms with Gasteiger partial charge >= 0.3 is 0 Å². The molecule has 152 valence electrons. The van der Waals surface area contributed by atoms with Crippen molar-refractivity contribution in [2.45, 2.75) is 51.2 Å². The van der Waals surface area contributed by atoms with Crippen LogP contribution in [0.1, 0.15) is 50.8 Å². The molecular weight excluding hydrogens is 366 g/mol. The number of fused-ring (bicyclic) bond motifs is 2.